The highest BCUT2D eigenvalue weighted by molar-refractivity contribution is 7.80. The van der Waals surface area contributed by atoms with Crippen molar-refractivity contribution in [3.05, 3.63) is 59.7 Å². The Kier molecular flexibility index (Phi) is 3.65. The zero-order chi connectivity index (χ0) is 17.6. The van der Waals surface area contributed by atoms with Crippen LogP contribution in [0.1, 0.15) is 24.1 Å². The van der Waals surface area contributed by atoms with Gasteiger partial charge in [0.25, 0.3) is 0 Å². The molecule has 3 N–H and O–H groups in total. The molecule has 1 saturated heterocycles. The van der Waals surface area contributed by atoms with Crippen LogP contribution < -0.4 is 20.7 Å². The molecule has 6 heteroatoms. The molecule has 0 aliphatic carbocycles. The molecule has 3 atom stereocenters. The van der Waals surface area contributed by atoms with Crippen molar-refractivity contribution in [2.24, 2.45) is 5.92 Å². The Hall–Kier alpha value is -2.60. The van der Waals surface area contributed by atoms with E-state index in [0.717, 1.165) is 22.6 Å². The van der Waals surface area contributed by atoms with E-state index in [1.165, 1.54) is 0 Å². The summed E-state index contributed by atoms with van der Waals surface area (Å²) in [6.07, 6.45) is 0. The summed E-state index contributed by atoms with van der Waals surface area (Å²) in [5.74, 6) is 0.171. The third-order valence-electron chi connectivity index (χ3n) is 4.84. The van der Waals surface area contributed by atoms with Crippen molar-refractivity contribution in [1.82, 2.24) is 10.6 Å². The number of fused-ring (bicyclic) bond motifs is 4. The van der Waals surface area contributed by atoms with E-state index in [4.69, 9.17) is 17.0 Å². The first-order chi connectivity index (χ1) is 12.0. The van der Waals surface area contributed by atoms with Gasteiger partial charge in [0.05, 0.1) is 6.04 Å². The number of thiocarbonyl (C=S) groups is 1. The van der Waals surface area contributed by atoms with Crippen LogP contribution in [0.2, 0.25) is 0 Å². The van der Waals surface area contributed by atoms with E-state index in [2.05, 4.69) is 16.0 Å². The molecule has 2 aromatic carbocycles. The lowest BCUT2D eigenvalue weighted by molar-refractivity contribution is -0.132. The van der Waals surface area contributed by atoms with Gasteiger partial charge in [-0.15, -0.1) is 0 Å². The highest BCUT2D eigenvalue weighted by atomic mass is 32.1. The van der Waals surface area contributed by atoms with Crippen LogP contribution in [-0.4, -0.2) is 16.7 Å². The summed E-state index contributed by atoms with van der Waals surface area (Å²) in [4.78, 5) is 13.1. The van der Waals surface area contributed by atoms with Crippen LogP contribution in [0.3, 0.4) is 0 Å². The van der Waals surface area contributed by atoms with Gasteiger partial charge in [-0.1, -0.05) is 36.4 Å². The molecule has 0 unspecified atom stereocenters. The number of aryl methyl sites for hydroxylation is 1. The highest BCUT2D eigenvalue weighted by Crippen LogP contribution is 2.45. The van der Waals surface area contributed by atoms with E-state index in [0.29, 0.717) is 5.11 Å². The number of ether oxygens (including phenoxy) is 1. The Morgan fingerprint density at radius 3 is 2.72 bits per heavy atom. The fourth-order valence-electron chi connectivity index (χ4n) is 3.61. The molecule has 0 radical (unpaired) electrons. The van der Waals surface area contributed by atoms with Gasteiger partial charge in [-0.2, -0.15) is 0 Å². The Balaban J connectivity index is 1.72. The van der Waals surface area contributed by atoms with Gasteiger partial charge in [0, 0.05) is 11.3 Å². The molecule has 1 fully saturated rings. The molecule has 25 heavy (non-hydrogen) atoms. The maximum absolute atomic E-state index is 13.1. The second-order valence-electron chi connectivity index (χ2n) is 6.60. The van der Waals surface area contributed by atoms with Crippen LogP contribution in [-0.2, 0) is 4.79 Å². The molecule has 2 aliphatic rings. The van der Waals surface area contributed by atoms with Gasteiger partial charge in [-0.3, -0.25) is 4.79 Å². The van der Waals surface area contributed by atoms with Crippen molar-refractivity contribution in [2.45, 2.75) is 25.6 Å². The summed E-state index contributed by atoms with van der Waals surface area (Å²) < 4.78 is 6.16. The Morgan fingerprint density at radius 1 is 1.20 bits per heavy atom. The topological polar surface area (TPSA) is 62.4 Å². The van der Waals surface area contributed by atoms with Gasteiger partial charge in [-0.25, -0.2) is 0 Å². The van der Waals surface area contributed by atoms with Crippen LogP contribution in [0, 0.1) is 12.8 Å². The average molecular weight is 353 g/mol. The molecular formula is C19H19N3O2S. The molecule has 2 aromatic rings. The minimum atomic E-state index is -0.909. The second-order valence-corrected chi connectivity index (χ2v) is 7.01. The highest BCUT2D eigenvalue weighted by Gasteiger charge is 2.54. The summed E-state index contributed by atoms with van der Waals surface area (Å²) in [5.41, 5.74) is 1.85. The van der Waals surface area contributed by atoms with Crippen LogP contribution in [0.15, 0.2) is 48.5 Å². The van der Waals surface area contributed by atoms with Crippen LogP contribution in [0.4, 0.5) is 5.69 Å². The summed E-state index contributed by atoms with van der Waals surface area (Å²) in [7, 11) is 0. The van der Waals surface area contributed by atoms with Crippen molar-refractivity contribution < 1.29 is 9.53 Å². The molecule has 2 heterocycles. The lowest BCUT2D eigenvalue weighted by Crippen LogP contribution is -2.70. The van der Waals surface area contributed by atoms with Gasteiger partial charge < -0.3 is 20.7 Å². The van der Waals surface area contributed by atoms with E-state index in [-0.39, 0.29) is 11.9 Å². The van der Waals surface area contributed by atoms with Crippen molar-refractivity contribution >= 4 is 28.9 Å². The maximum atomic E-state index is 13.1. The number of rotatable bonds is 2. The van der Waals surface area contributed by atoms with Gasteiger partial charge in [0.15, 0.2) is 10.8 Å². The SMILES string of the molecule is Cc1ccccc1NC(=O)[C@@H]1[C@H]2NC(=S)N[C@@]1(C)Oc1ccccc12. The number of amides is 1. The van der Waals surface area contributed by atoms with Crippen LogP contribution >= 0.6 is 12.2 Å². The Labute approximate surface area is 151 Å². The maximum Gasteiger partial charge on any atom is 0.236 e. The lowest BCUT2D eigenvalue weighted by atomic mass is 9.80. The summed E-state index contributed by atoms with van der Waals surface area (Å²) in [6, 6.07) is 15.2. The molecule has 2 bridgehead atoms. The summed E-state index contributed by atoms with van der Waals surface area (Å²) in [5, 5.41) is 9.90. The third kappa shape index (κ3) is 2.62. The molecule has 0 saturated carbocycles. The van der Waals surface area contributed by atoms with Gasteiger partial charge in [0.2, 0.25) is 5.91 Å². The quantitative estimate of drug-likeness (QED) is 0.725. The number of carbonyl (C=O) groups excluding carboxylic acids is 1. The minimum absolute atomic E-state index is 0.112. The predicted octanol–water partition coefficient (Wildman–Crippen LogP) is 2.88. The number of hydrogen-bond acceptors (Lipinski definition) is 3. The van der Waals surface area contributed by atoms with Gasteiger partial charge >= 0.3 is 0 Å². The van der Waals surface area contributed by atoms with Crippen molar-refractivity contribution in [3.8, 4) is 5.75 Å². The summed E-state index contributed by atoms with van der Waals surface area (Å²) in [6.45, 7) is 3.83. The van der Waals surface area contributed by atoms with Crippen molar-refractivity contribution in [2.75, 3.05) is 5.32 Å². The number of benzene rings is 2. The number of para-hydroxylation sites is 2. The predicted molar refractivity (Wildman–Crippen MR) is 100 cm³/mol. The first kappa shape index (κ1) is 15.9. The number of hydrogen-bond donors (Lipinski definition) is 3. The van der Waals surface area contributed by atoms with Crippen molar-refractivity contribution in [3.63, 3.8) is 0 Å². The van der Waals surface area contributed by atoms with Crippen LogP contribution in [0.25, 0.3) is 0 Å². The molecular weight excluding hydrogens is 334 g/mol. The molecule has 1 amide bonds. The van der Waals surface area contributed by atoms with E-state index < -0.39 is 11.6 Å². The monoisotopic (exact) mass is 353 g/mol. The minimum Gasteiger partial charge on any atom is -0.467 e. The van der Waals surface area contributed by atoms with E-state index >= 15 is 0 Å². The van der Waals surface area contributed by atoms with E-state index in [1.54, 1.807) is 0 Å². The number of nitrogens with one attached hydrogen (secondary N) is 3. The van der Waals surface area contributed by atoms with Crippen molar-refractivity contribution in [1.29, 1.82) is 0 Å². The second kappa shape index (κ2) is 5.74. The lowest BCUT2D eigenvalue weighted by Gasteiger charge is -2.50. The van der Waals surface area contributed by atoms with E-state index in [9.17, 15) is 4.79 Å². The third-order valence-corrected chi connectivity index (χ3v) is 5.06. The Bertz CT molecular complexity index is 869. The van der Waals surface area contributed by atoms with E-state index in [1.807, 2.05) is 62.4 Å². The van der Waals surface area contributed by atoms with Gasteiger partial charge in [-0.05, 0) is 43.8 Å². The molecule has 128 valence electrons. The summed E-state index contributed by atoms with van der Waals surface area (Å²) >= 11 is 5.32. The Morgan fingerprint density at radius 2 is 1.92 bits per heavy atom. The number of carbonyl (C=O) groups is 1. The molecule has 5 nitrogen and oxygen atoms in total. The smallest absolute Gasteiger partial charge is 0.236 e. The average Bonchev–Trinajstić information content (AvgIpc) is 2.55. The first-order valence-corrected chi connectivity index (χ1v) is 8.62. The largest absolute Gasteiger partial charge is 0.467 e. The fourth-order valence-corrected chi connectivity index (χ4v) is 3.94. The normalized spacial score (nSPS) is 26.6. The fraction of sp³-hybridized carbons (Fsp3) is 0.263. The zero-order valence-electron chi connectivity index (χ0n) is 14.0. The molecule has 4 rings (SSSR count). The van der Waals surface area contributed by atoms with Crippen LogP contribution in [0.5, 0.6) is 5.75 Å². The number of anilines is 1. The molecule has 0 spiro atoms. The standard InChI is InChI=1S/C19H19N3O2S/c1-11-7-3-5-9-13(11)20-17(23)15-16-12-8-4-6-10-14(12)24-19(15,2)22-18(25)21-16/h3-10,15-16H,1-2H3,(H,20,23)(H2,21,22,25)/t15-,16-,19-/m0/s1. The molecule has 0 aromatic heterocycles. The first-order valence-electron chi connectivity index (χ1n) is 8.21. The van der Waals surface area contributed by atoms with Gasteiger partial charge in [0.1, 0.15) is 11.7 Å². The molecule has 2 aliphatic heterocycles. The zero-order valence-corrected chi connectivity index (χ0v) is 14.8.